The molecule has 3 heteroatoms. The van der Waals surface area contributed by atoms with Crippen molar-refractivity contribution < 1.29 is 4.79 Å². The second-order valence-corrected chi connectivity index (χ2v) is 6.22. The summed E-state index contributed by atoms with van der Waals surface area (Å²) in [7, 11) is 1.92. The van der Waals surface area contributed by atoms with Crippen LogP contribution in [0.1, 0.15) is 43.1 Å². The summed E-state index contributed by atoms with van der Waals surface area (Å²) in [6.45, 7) is 2.29. The third-order valence-electron chi connectivity index (χ3n) is 4.67. The van der Waals surface area contributed by atoms with Gasteiger partial charge in [-0.15, -0.1) is 0 Å². The molecule has 1 aromatic heterocycles. The largest absolute Gasteiger partial charge is 0.337 e. The fraction of sp³-hybridized carbons (Fsp3) is 0.444. The summed E-state index contributed by atoms with van der Waals surface area (Å²) >= 11 is 0. The van der Waals surface area contributed by atoms with Gasteiger partial charge in [-0.25, -0.2) is 4.98 Å². The van der Waals surface area contributed by atoms with Crippen LogP contribution in [0.5, 0.6) is 0 Å². The summed E-state index contributed by atoms with van der Waals surface area (Å²) in [5.41, 5.74) is 1.43. The molecule has 1 amide bonds. The monoisotopic (exact) mass is 282 g/mol. The van der Waals surface area contributed by atoms with E-state index < -0.39 is 0 Å². The number of amides is 1. The number of aromatic nitrogens is 1. The lowest BCUT2D eigenvalue weighted by atomic mass is 9.86. The molecule has 1 aliphatic rings. The third-order valence-corrected chi connectivity index (χ3v) is 4.67. The molecule has 3 nitrogen and oxygen atoms in total. The molecule has 110 valence electrons. The van der Waals surface area contributed by atoms with Crippen LogP contribution in [0.4, 0.5) is 0 Å². The van der Waals surface area contributed by atoms with Gasteiger partial charge in [-0.2, -0.15) is 0 Å². The summed E-state index contributed by atoms with van der Waals surface area (Å²) in [5, 5.41) is 1.07. The van der Waals surface area contributed by atoms with E-state index >= 15 is 0 Å². The molecule has 0 N–H and O–H groups in total. The van der Waals surface area contributed by atoms with Crippen LogP contribution >= 0.6 is 0 Å². The number of nitrogens with zero attached hydrogens (tertiary/aromatic N) is 2. The second-order valence-electron chi connectivity index (χ2n) is 6.22. The molecule has 0 aliphatic heterocycles. The van der Waals surface area contributed by atoms with Crippen molar-refractivity contribution in [3.8, 4) is 0 Å². The maximum atomic E-state index is 12.6. The van der Waals surface area contributed by atoms with Gasteiger partial charge < -0.3 is 4.90 Å². The molecule has 0 atom stereocenters. The van der Waals surface area contributed by atoms with E-state index in [4.69, 9.17) is 0 Å². The average Bonchev–Trinajstić information content (AvgIpc) is 2.54. The first-order chi connectivity index (χ1) is 10.1. The SMILES string of the molecule is CC1CCC(N(C)C(=O)c2ccc3ccccc3n2)CC1. The Hall–Kier alpha value is -1.90. The van der Waals surface area contributed by atoms with Gasteiger partial charge in [0.1, 0.15) is 5.69 Å². The lowest BCUT2D eigenvalue weighted by Gasteiger charge is -2.33. The summed E-state index contributed by atoms with van der Waals surface area (Å²) in [5.74, 6) is 0.837. The van der Waals surface area contributed by atoms with E-state index in [9.17, 15) is 4.79 Å². The molecule has 0 saturated heterocycles. The molecule has 1 heterocycles. The van der Waals surface area contributed by atoms with Crippen molar-refractivity contribution in [1.29, 1.82) is 0 Å². The standard InChI is InChI=1S/C18H22N2O/c1-13-7-10-15(11-8-13)20(2)18(21)17-12-9-14-5-3-4-6-16(14)19-17/h3-6,9,12-13,15H,7-8,10-11H2,1-2H3. The van der Waals surface area contributed by atoms with Crippen molar-refractivity contribution in [3.05, 3.63) is 42.1 Å². The number of pyridine rings is 1. The third kappa shape index (κ3) is 2.92. The fourth-order valence-corrected chi connectivity index (χ4v) is 3.16. The Morgan fingerprint density at radius 2 is 1.81 bits per heavy atom. The highest BCUT2D eigenvalue weighted by Gasteiger charge is 2.26. The molecule has 0 radical (unpaired) electrons. The van der Waals surface area contributed by atoms with E-state index in [1.807, 2.05) is 48.3 Å². The quantitative estimate of drug-likeness (QED) is 0.837. The minimum Gasteiger partial charge on any atom is -0.337 e. The molecule has 3 rings (SSSR count). The van der Waals surface area contributed by atoms with Crippen LogP contribution in [-0.2, 0) is 0 Å². The molecule has 0 unspecified atom stereocenters. The van der Waals surface area contributed by atoms with Gasteiger partial charge in [-0.3, -0.25) is 4.79 Å². The second kappa shape index (κ2) is 5.84. The Labute approximate surface area is 126 Å². The van der Waals surface area contributed by atoms with E-state index in [1.54, 1.807) is 0 Å². The molecular weight excluding hydrogens is 260 g/mol. The number of rotatable bonds is 2. The number of hydrogen-bond acceptors (Lipinski definition) is 2. The molecular formula is C18H22N2O. The van der Waals surface area contributed by atoms with Gasteiger partial charge in [-0.1, -0.05) is 31.2 Å². The van der Waals surface area contributed by atoms with Crippen molar-refractivity contribution >= 4 is 16.8 Å². The first-order valence-corrected chi connectivity index (χ1v) is 7.78. The van der Waals surface area contributed by atoms with Gasteiger partial charge in [0.15, 0.2) is 0 Å². The van der Waals surface area contributed by atoms with Crippen LogP contribution in [-0.4, -0.2) is 28.9 Å². The van der Waals surface area contributed by atoms with E-state index in [0.29, 0.717) is 11.7 Å². The highest BCUT2D eigenvalue weighted by Crippen LogP contribution is 2.27. The zero-order valence-corrected chi connectivity index (χ0v) is 12.7. The maximum absolute atomic E-state index is 12.6. The zero-order chi connectivity index (χ0) is 14.8. The van der Waals surface area contributed by atoms with Gasteiger partial charge in [-0.05, 0) is 43.7 Å². The molecule has 21 heavy (non-hydrogen) atoms. The first-order valence-electron chi connectivity index (χ1n) is 7.78. The number of carbonyl (C=O) groups excluding carboxylic acids is 1. The van der Waals surface area contributed by atoms with Gasteiger partial charge in [0.05, 0.1) is 5.52 Å². The minimum atomic E-state index is 0.0420. The highest BCUT2D eigenvalue weighted by molar-refractivity contribution is 5.94. The van der Waals surface area contributed by atoms with E-state index in [-0.39, 0.29) is 5.91 Å². The number of fused-ring (bicyclic) bond motifs is 1. The Balaban J connectivity index is 1.79. The van der Waals surface area contributed by atoms with Gasteiger partial charge >= 0.3 is 0 Å². The predicted octanol–water partition coefficient (Wildman–Crippen LogP) is 3.89. The lowest BCUT2D eigenvalue weighted by molar-refractivity contribution is 0.0674. The number of hydrogen-bond donors (Lipinski definition) is 0. The van der Waals surface area contributed by atoms with E-state index in [1.165, 1.54) is 12.8 Å². The predicted molar refractivity (Wildman–Crippen MR) is 85.3 cm³/mol. The molecule has 1 fully saturated rings. The van der Waals surface area contributed by atoms with Crippen LogP contribution in [0.2, 0.25) is 0 Å². The van der Waals surface area contributed by atoms with Crippen molar-refractivity contribution in [2.45, 2.75) is 38.6 Å². The number of benzene rings is 1. The van der Waals surface area contributed by atoms with Crippen molar-refractivity contribution in [1.82, 2.24) is 9.88 Å². The first kappa shape index (κ1) is 14.1. The summed E-state index contributed by atoms with van der Waals surface area (Å²) in [4.78, 5) is 19.0. The topological polar surface area (TPSA) is 33.2 Å². The Kier molecular flexibility index (Phi) is 3.91. The van der Waals surface area contributed by atoms with Crippen molar-refractivity contribution in [2.75, 3.05) is 7.05 Å². The summed E-state index contributed by atoms with van der Waals surface area (Å²) in [6.07, 6.45) is 4.65. The normalized spacial score (nSPS) is 22.2. The smallest absolute Gasteiger partial charge is 0.272 e. The zero-order valence-electron chi connectivity index (χ0n) is 12.7. The Morgan fingerprint density at radius 1 is 1.10 bits per heavy atom. The molecule has 0 spiro atoms. The average molecular weight is 282 g/mol. The molecule has 0 bridgehead atoms. The molecule has 1 saturated carbocycles. The van der Waals surface area contributed by atoms with Gasteiger partial charge in [0.2, 0.25) is 0 Å². The molecule has 1 aromatic carbocycles. The number of carbonyl (C=O) groups is 1. The molecule has 1 aliphatic carbocycles. The van der Waals surface area contributed by atoms with Crippen LogP contribution in [0.3, 0.4) is 0 Å². The van der Waals surface area contributed by atoms with Crippen LogP contribution in [0.25, 0.3) is 10.9 Å². The minimum absolute atomic E-state index is 0.0420. The molecule has 2 aromatic rings. The Bertz CT molecular complexity index is 644. The van der Waals surface area contributed by atoms with E-state index in [0.717, 1.165) is 29.7 Å². The van der Waals surface area contributed by atoms with E-state index in [2.05, 4.69) is 11.9 Å². The van der Waals surface area contributed by atoms with Crippen molar-refractivity contribution in [2.24, 2.45) is 5.92 Å². The summed E-state index contributed by atoms with van der Waals surface area (Å²) in [6, 6.07) is 12.1. The van der Waals surface area contributed by atoms with Crippen LogP contribution in [0, 0.1) is 5.92 Å². The lowest BCUT2D eigenvalue weighted by Crippen LogP contribution is -2.39. The summed E-state index contributed by atoms with van der Waals surface area (Å²) < 4.78 is 0. The van der Waals surface area contributed by atoms with Crippen molar-refractivity contribution in [3.63, 3.8) is 0 Å². The van der Waals surface area contributed by atoms with Crippen LogP contribution in [0.15, 0.2) is 36.4 Å². The fourth-order valence-electron chi connectivity index (χ4n) is 3.16. The maximum Gasteiger partial charge on any atom is 0.272 e. The van der Waals surface area contributed by atoms with Crippen LogP contribution < -0.4 is 0 Å². The Morgan fingerprint density at radius 3 is 2.57 bits per heavy atom. The highest BCUT2D eigenvalue weighted by atomic mass is 16.2. The van der Waals surface area contributed by atoms with Gasteiger partial charge in [0, 0.05) is 18.5 Å². The van der Waals surface area contributed by atoms with Gasteiger partial charge in [0.25, 0.3) is 5.91 Å². The number of para-hydroxylation sites is 1.